The monoisotopic (exact) mass is 242 g/mol. The Kier molecular flexibility index (Phi) is 4.47. The lowest BCUT2D eigenvalue weighted by Gasteiger charge is -2.23. The Balaban J connectivity index is 1.73. The molecule has 0 radical (unpaired) electrons. The van der Waals surface area contributed by atoms with E-state index < -0.39 is 0 Å². The molecule has 1 atom stereocenters. The van der Waals surface area contributed by atoms with Gasteiger partial charge < -0.3 is 5.32 Å². The third kappa shape index (κ3) is 3.47. The molecule has 1 N–H and O–H groups in total. The van der Waals surface area contributed by atoms with Crippen LogP contribution in [0.1, 0.15) is 30.8 Å². The van der Waals surface area contributed by atoms with Crippen LogP contribution in [-0.4, -0.2) is 23.0 Å². The Hall–Kier alpha value is -0.0600. The lowest BCUT2D eigenvalue weighted by molar-refractivity contribution is 0.420. The Morgan fingerprint density at radius 3 is 3.00 bits per heavy atom. The second kappa shape index (κ2) is 5.87. The van der Waals surface area contributed by atoms with Crippen LogP contribution in [0.25, 0.3) is 0 Å². The van der Waals surface area contributed by atoms with Gasteiger partial charge in [0.15, 0.2) is 0 Å². The van der Waals surface area contributed by atoms with E-state index in [1.165, 1.54) is 29.4 Å². The van der Waals surface area contributed by atoms with E-state index in [1.54, 1.807) is 11.3 Å². The van der Waals surface area contributed by atoms with Crippen molar-refractivity contribution in [2.24, 2.45) is 5.92 Å². The zero-order chi connectivity index (χ0) is 10.5. The summed E-state index contributed by atoms with van der Waals surface area (Å²) >= 11 is 3.83. The quantitative estimate of drug-likeness (QED) is 0.879. The van der Waals surface area contributed by atoms with Crippen LogP contribution in [0.2, 0.25) is 0 Å². The molecule has 4 heteroatoms. The molecule has 0 bridgehead atoms. The van der Waals surface area contributed by atoms with Crippen molar-refractivity contribution in [3.05, 3.63) is 16.6 Å². The smallest absolute Gasteiger partial charge is 0.109 e. The molecule has 0 aromatic carbocycles. The normalized spacial score (nSPS) is 20.3. The highest BCUT2D eigenvalue weighted by Crippen LogP contribution is 2.23. The Bertz CT molecular complexity index is 268. The molecule has 1 unspecified atom stereocenters. The van der Waals surface area contributed by atoms with E-state index in [4.69, 9.17) is 0 Å². The second-order valence-electron chi connectivity index (χ2n) is 4.06. The van der Waals surface area contributed by atoms with Gasteiger partial charge in [-0.05, 0) is 43.7 Å². The number of nitrogens with zero attached hydrogens (tertiary/aromatic N) is 1. The van der Waals surface area contributed by atoms with Gasteiger partial charge in [0.05, 0.1) is 6.04 Å². The molecule has 0 saturated carbocycles. The van der Waals surface area contributed by atoms with E-state index in [-0.39, 0.29) is 0 Å². The molecule has 1 aliphatic heterocycles. The van der Waals surface area contributed by atoms with Gasteiger partial charge in [-0.25, -0.2) is 4.98 Å². The van der Waals surface area contributed by atoms with E-state index in [9.17, 15) is 0 Å². The Morgan fingerprint density at radius 1 is 1.53 bits per heavy atom. The summed E-state index contributed by atoms with van der Waals surface area (Å²) in [6, 6.07) is 0.416. The SMILES string of the molecule is CC(NCC1CCSCC1)c1nccs1. The molecule has 0 spiro atoms. The molecule has 84 valence electrons. The molecule has 1 aromatic rings. The third-order valence-electron chi connectivity index (χ3n) is 2.88. The number of rotatable bonds is 4. The van der Waals surface area contributed by atoms with Crippen LogP contribution in [0.4, 0.5) is 0 Å². The molecule has 0 amide bonds. The fourth-order valence-electron chi connectivity index (χ4n) is 1.83. The lowest BCUT2D eigenvalue weighted by atomic mass is 10.0. The van der Waals surface area contributed by atoms with Gasteiger partial charge in [0.25, 0.3) is 0 Å². The van der Waals surface area contributed by atoms with Crippen LogP contribution < -0.4 is 5.32 Å². The fraction of sp³-hybridized carbons (Fsp3) is 0.727. The van der Waals surface area contributed by atoms with Crippen molar-refractivity contribution in [3.63, 3.8) is 0 Å². The molecule has 2 nitrogen and oxygen atoms in total. The minimum atomic E-state index is 0.416. The average molecular weight is 242 g/mol. The predicted octanol–water partition coefficient (Wildman–Crippen LogP) is 2.94. The summed E-state index contributed by atoms with van der Waals surface area (Å²) in [6.45, 7) is 3.36. The van der Waals surface area contributed by atoms with Crippen LogP contribution in [0.15, 0.2) is 11.6 Å². The zero-order valence-electron chi connectivity index (χ0n) is 9.11. The molecular formula is C11H18N2S2. The summed E-state index contributed by atoms with van der Waals surface area (Å²) in [5.74, 6) is 3.57. The first-order valence-corrected chi connectivity index (χ1v) is 7.60. The van der Waals surface area contributed by atoms with Crippen molar-refractivity contribution in [1.29, 1.82) is 0 Å². The van der Waals surface area contributed by atoms with Crippen LogP contribution in [0, 0.1) is 5.92 Å². The number of aromatic nitrogens is 1. The van der Waals surface area contributed by atoms with Crippen molar-refractivity contribution in [2.75, 3.05) is 18.1 Å². The highest BCUT2D eigenvalue weighted by molar-refractivity contribution is 7.99. The summed E-state index contributed by atoms with van der Waals surface area (Å²) in [5, 5.41) is 6.85. The van der Waals surface area contributed by atoms with Crippen molar-refractivity contribution in [1.82, 2.24) is 10.3 Å². The van der Waals surface area contributed by atoms with E-state index in [2.05, 4.69) is 29.0 Å². The summed E-state index contributed by atoms with van der Waals surface area (Å²) in [7, 11) is 0. The van der Waals surface area contributed by atoms with Gasteiger partial charge in [-0.15, -0.1) is 11.3 Å². The largest absolute Gasteiger partial charge is 0.308 e. The standard InChI is InChI=1S/C11H18N2S2/c1-9(11-12-4-7-15-11)13-8-10-2-5-14-6-3-10/h4,7,9-10,13H,2-3,5-6,8H2,1H3. The zero-order valence-corrected chi connectivity index (χ0v) is 10.7. The molecule has 15 heavy (non-hydrogen) atoms. The first-order valence-electron chi connectivity index (χ1n) is 5.57. The molecule has 2 rings (SSSR count). The van der Waals surface area contributed by atoms with Gasteiger partial charge >= 0.3 is 0 Å². The first kappa shape index (κ1) is 11.4. The predicted molar refractivity (Wildman–Crippen MR) is 68.6 cm³/mol. The molecule has 1 aromatic heterocycles. The summed E-state index contributed by atoms with van der Waals surface area (Å²) in [6.07, 6.45) is 4.64. The lowest BCUT2D eigenvalue weighted by Crippen LogP contribution is -2.27. The number of nitrogens with one attached hydrogen (secondary N) is 1. The number of hydrogen-bond acceptors (Lipinski definition) is 4. The number of thiazole rings is 1. The van der Waals surface area contributed by atoms with Crippen molar-refractivity contribution < 1.29 is 0 Å². The maximum atomic E-state index is 4.33. The van der Waals surface area contributed by atoms with Crippen LogP contribution >= 0.6 is 23.1 Å². The molecule has 1 saturated heterocycles. The summed E-state index contributed by atoms with van der Waals surface area (Å²) in [4.78, 5) is 4.33. The van der Waals surface area contributed by atoms with E-state index in [0.717, 1.165) is 12.5 Å². The van der Waals surface area contributed by atoms with Gasteiger partial charge in [-0.2, -0.15) is 11.8 Å². The van der Waals surface area contributed by atoms with Gasteiger partial charge in [0.1, 0.15) is 5.01 Å². The van der Waals surface area contributed by atoms with Gasteiger partial charge in [0.2, 0.25) is 0 Å². The number of hydrogen-bond donors (Lipinski definition) is 1. The van der Waals surface area contributed by atoms with Gasteiger partial charge in [0, 0.05) is 11.6 Å². The molecule has 1 fully saturated rings. The van der Waals surface area contributed by atoms with Gasteiger partial charge in [-0.1, -0.05) is 0 Å². The summed E-state index contributed by atoms with van der Waals surface area (Å²) in [5.41, 5.74) is 0. The minimum absolute atomic E-state index is 0.416. The highest BCUT2D eigenvalue weighted by Gasteiger charge is 2.15. The average Bonchev–Trinajstić information content (AvgIpc) is 2.81. The minimum Gasteiger partial charge on any atom is -0.308 e. The van der Waals surface area contributed by atoms with Crippen molar-refractivity contribution >= 4 is 23.1 Å². The van der Waals surface area contributed by atoms with E-state index >= 15 is 0 Å². The molecule has 0 aliphatic carbocycles. The maximum Gasteiger partial charge on any atom is 0.109 e. The van der Waals surface area contributed by atoms with Crippen molar-refractivity contribution in [3.8, 4) is 0 Å². The van der Waals surface area contributed by atoms with Gasteiger partial charge in [-0.3, -0.25) is 0 Å². The maximum absolute atomic E-state index is 4.33. The van der Waals surface area contributed by atoms with E-state index in [1.807, 2.05) is 11.6 Å². The number of thioether (sulfide) groups is 1. The van der Waals surface area contributed by atoms with Crippen LogP contribution in [0.5, 0.6) is 0 Å². The Labute approximate surface area is 99.9 Å². The third-order valence-corrected chi connectivity index (χ3v) is 4.88. The topological polar surface area (TPSA) is 24.9 Å². The van der Waals surface area contributed by atoms with Crippen molar-refractivity contribution in [2.45, 2.75) is 25.8 Å². The summed E-state index contributed by atoms with van der Waals surface area (Å²) < 4.78 is 0. The van der Waals surface area contributed by atoms with Crippen LogP contribution in [-0.2, 0) is 0 Å². The second-order valence-corrected chi connectivity index (χ2v) is 6.21. The Morgan fingerprint density at radius 2 is 2.33 bits per heavy atom. The molecular weight excluding hydrogens is 224 g/mol. The molecule has 1 aliphatic rings. The van der Waals surface area contributed by atoms with Crippen LogP contribution in [0.3, 0.4) is 0 Å². The first-order chi connectivity index (χ1) is 7.36. The molecule has 2 heterocycles. The highest BCUT2D eigenvalue weighted by atomic mass is 32.2. The van der Waals surface area contributed by atoms with E-state index in [0.29, 0.717) is 6.04 Å². The fourth-order valence-corrected chi connectivity index (χ4v) is 3.70.